The van der Waals surface area contributed by atoms with Gasteiger partial charge >= 0.3 is 0 Å². The molecule has 10 nitrogen and oxygen atoms in total. The molecule has 4 heterocycles. The molecule has 1 amide bonds. The van der Waals surface area contributed by atoms with Crippen LogP contribution in [0, 0.1) is 0 Å². The molecule has 0 saturated carbocycles. The molecule has 2 aliphatic heterocycles. The summed E-state index contributed by atoms with van der Waals surface area (Å²) >= 11 is 0. The minimum absolute atomic E-state index is 0.168. The second-order valence-corrected chi connectivity index (χ2v) is 11.5. The van der Waals surface area contributed by atoms with Crippen LogP contribution in [-0.2, 0) is 24.4 Å². The summed E-state index contributed by atoms with van der Waals surface area (Å²) in [6, 6.07) is 12.4. The van der Waals surface area contributed by atoms with Crippen molar-refractivity contribution in [2.75, 3.05) is 44.7 Å². The summed E-state index contributed by atoms with van der Waals surface area (Å²) in [4.78, 5) is 26.7. The van der Waals surface area contributed by atoms with Crippen LogP contribution >= 0.6 is 0 Å². The van der Waals surface area contributed by atoms with Crippen molar-refractivity contribution in [3.8, 4) is 11.1 Å². The van der Waals surface area contributed by atoms with Gasteiger partial charge in [-0.2, -0.15) is 0 Å². The Morgan fingerprint density at radius 3 is 2.64 bits per heavy atom. The second kappa shape index (κ2) is 12.1. The Kier molecular flexibility index (Phi) is 8.41. The molecule has 2 saturated heterocycles. The van der Waals surface area contributed by atoms with Crippen molar-refractivity contribution in [1.29, 1.82) is 0 Å². The van der Waals surface area contributed by atoms with Gasteiger partial charge in [0.05, 0.1) is 4.90 Å². The minimum atomic E-state index is -3.81. The Morgan fingerprint density at radius 1 is 1.10 bits per heavy atom. The molecule has 206 valence electrons. The molecule has 2 aliphatic rings. The van der Waals surface area contributed by atoms with E-state index in [-0.39, 0.29) is 4.90 Å². The van der Waals surface area contributed by atoms with Crippen LogP contribution in [0.3, 0.4) is 0 Å². The third-order valence-electron chi connectivity index (χ3n) is 6.88. The molecule has 39 heavy (non-hydrogen) atoms. The number of likely N-dealkylation sites (N-methyl/N-ethyl adjacent to an activating group) is 1. The molecule has 1 N–H and O–H groups in total. The van der Waals surface area contributed by atoms with Crippen molar-refractivity contribution in [3.63, 3.8) is 0 Å². The normalized spacial score (nSPS) is 18.9. The van der Waals surface area contributed by atoms with Gasteiger partial charge in [0.15, 0.2) is 6.29 Å². The van der Waals surface area contributed by atoms with Gasteiger partial charge in [-0.1, -0.05) is 12.1 Å². The summed E-state index contributed by atoms with van der Waals surface area (Å²) in [6.07, 6.45) is 9.78. The fourth-order valence-electron chi connectivity index (χ4n) is 4.60. The zero-order chi connectivity index (χ0) is 27.2. The Hall–Kier alpha value is -3.51. The first-order valence-corrected chi connectivity index (χ1v) is 14.5. The number of amides is 1. The van der Waals surface area contributed by atoms with Crippen molar-refractivity contribution >= 4 is 27.8 Å². The molecule has 1 atom stereocenters. The molecule has 0 bridgehead atoms. The van der Waals surface area contributed by atoms with Gasteiger partial charge in [-0.05, 0) is 67.4 Å². The van der Waals surface area contributed by atoms with Gasteiger partial charge in [0.1, 0.15) is 5.82 Å². The molecule has 0 radical (unpaired) electrons. The van der Waals surface area contributed by atoms with Gasteiger partial charge in [0, 0.05) is 69.4 Å². The lowest BCUT2D eigenvalue weighted by atomic mass is 10.1. The third-order valence-corrected chi connectivity index (χ3v) is 8.53. The molecule has 2 aromatic heterocycles. The van der Waals surface area contributed by atoms with Crippen LogP contribution in [0.5, 0.6) is 0 Å². The van der Waals surface area contributed by atoms with Crippen LogP contribution in [0.25, 0.3) is 17.2 Å². The number of benzene rings is 1. The maximum atomic E-state index is 13.3. The first-order valence-electron chi connectivity index (χ1n) is 13.1. The van der Waals surface area contributed by atoms with Crippen molar-refractivity contribution in [2.24, 2.45) is 0 Å². The summed E-state index contributed by atoms with van der Waals surface area (Å²) in [7, 11) is -1.70. The van der Waals surface area contributed by atoms with Crippen molar-refractivity contribution < 1.29 is 22.8 Å². The number of anilines is 1. The number of hydrogen-bond acceptors (Lipinski definition) is 8. The van der Waals surface area contributed by atoms with Crippen molar-refractivity contribution in [1.82, 2.24) is 19.3 Å². The van der Waals surface area contributed by atoms with Gasteiger partial charge in [-0.25, -0.2) is 27.7 Å². The van der Waals surface area contributed by atoms with Gasteiger partial charge in [-0.3, -0.25) is 4.79 Å². The standard InChI is InChI=1S/C28H33N5O5S/c1-31-16-18-32(19-17-31)28-25(5-4-14-29-28)23-8-10-24(11-9-23)39(35,36)33-15-13-22(21-33)7-12-26(34)30-38-27-6-2-3-20-37-27/h4-5,7-15,21,27H,2-3,6,16-20H2,1H3,(H,30,34)/b12-7+. The number of nitrogens with one attached hydrogen (secondary N) is 1. The van der Waals surface area contributed by atoms with Crippen molar-refractivity contribution in [3.05, 3.63) is 72.7 Å². The Morgan fingerprint density at radius 2 is 1.90 bits per heavy atom. The number of aromatic nitrogens is 2. The number of nitrogens with zero attached hydrogens (tertiary/aromatic N) is 4. The summed E-state index contributed by atoms with van der Waals surface area (Å²) in [5.74, 6) is 0.450. The van der Waals surface area contributed by atoms with Gasteiger partial charge in [-0.15, -0.1) is 0 Å². The zero-order valence-corrected chi connectivity index (χ0v) is 22.7. The third kappa shape index (κ3) is 6.56. The van der Waals surface area contributed by atoms with Crippen LogP contribution in [0.15, 0.2) is 72.0 Å². The first kappa shape index (κ1) is 27.1. The molecular formula is C28H33N5O5S. The van der Waals surface area contributed by atoms with E-state index in [1.54, 1.807) is 24.4 Å². The summed E-state index contributed by atoms with van der Waals surface area (Å²) in [6.45, 7) is 4.33. The Balaban J connectivity index is 1.25. The van der Waals surface area contributed by atoms with E-state index in [2.05, 4.69) is 27.3 Å². The fourth-order valence-corrected chi connectivity index (χ4v) is 5.80. The lowest BCUT2D eigenvalue weighted by Gasteiger charge is -2.34. The monoisotopic (exact) mass is 551 g/mol. The number of hydroxylamine groups is 1. The van der Waals surface area contributed by atoms with E-state index in [4.69, 9.17) is 9.57 Å². The SMILES string of the molecule is CN1CCN(c2ncccc2-c2ccc(S(=O)(=O)n3ccc(/C=C/C(=O)NOC4CCCCO4)c3)cc2)CC1. The predicted molar refractivity (Wildman–Crippen MR) is 148 cm³/mol. The molecule has 1 aromatic carbocycles. The number of ether oxygens (including phenoxy) is 1. The maximum Gasteiger partial charge on any atom is 0.267 e. The first-order chi connectivity index (χ1) is 18.9. The highest BCUT2D eigenvalue weighted by molar-refractivity contribution is 7.90. The van der Waals surface area contributed by atoms with Gasteiger partial charge < -0.3 is 14.5 Å². The predicted octanol–water partition coefficient (Wildman–Crippen LogP) is 3.13. The second-order valence-electron chi connectivity index (χ2n) is 9.68. The Labute approximate surface area is 228 Å². The summed E-state index contributed by atoms with van der Waals surface area (Å²) < 4.78 is 33.1. The van der Waals surface area contributed by atoms with Crippen LogP contribution in [0.1, 0.15) is 24.8 Å². The molecular weight excluding hydrogens is 518 g/mol. The van der Waals surface area contributed by atoms with Crippen LogP contribution in [0.4, 0.5) is 5.82 Å². The van der Waals surface area contributed by atoms with Gasteiger partial charge in [0.2, 0.25) is 0 Å². The number of rotatable bonds is 8. The van der Waals surface area contributed by atoms with E-state index in [0.717, 1.165) is 66.4 Å². The van der Waals surface area contributed by atoms with Crippen LogP contribution in [0.2, 0.25) is 0 Å². The van der Waals surface area contributed by atoms with Gasteiger partial charge in [0.25, 0.3) is 15.9 Å². The smallest absolute Gasteiger partial charge is 0.267 e. The van der Waals surface area contributed by atoms with E-state index < -0.39 is 22.2 Å². The zero-order valence-electron chi connectivity index (χ0n) is 21.9. The summed E-state index contributed by atoms with van der Waals surface area (Å²) in [5.41, 5.74) is 4.78. The van der Waals surface area contributed by atoms with Crippen molar-refractivity contribution in [2.45, 2.75) is 30.4 Å². The van der Waals surface area contributed by atoms with E-state index in [9.17, 15) is 13.2 Å². The van der Waals surface area contributed by atoms with Crippen LogP contribution in [-0.4, -0.2) is 74.3 Å². The molecule has 1 unspecified atom stereocenters. The molecule has 0 spiro atoms. The molecule has 5 rings (SSSR count). The lowest BCUT2D eigenvalue weighted by Crippen LogP contribution is -2.45. The summed E-state index contributed by atoms with van der Waals surface area (Å²) in [5, 5.41) is 0. The maximum absolute atomic E-state index is 13.3. The number of carbonyl (C=O) groups is 1. The number of pyridine rings is 1. The lowest BCUT2D eigenvalue weighted by molar-refractivity contribution is -0.198. The molecule has 2 fully saturated rings. The highest BCUT2D eigenvalue weighted by Crippen LogP contribution is 2.30. The van der Waals surface area contributed by atoms with E-state index in [0.29, 0.717) is 12.2 Å². The molecule has 3 aromatic rings. The highest BCUT2D eigenvalue weighted by Gasteiger charge is 2.21. The van der Waals surface area contributed by atoms with E-state index in [1.807, 2.05) is 24.3 Å². The average molecular weight is 552 g/mol. The van der Waals surface area contributed by atoms with E-state index >= 15 is 0 Å². The minimum Gasteiger partial charge on any atom is -0.354 e. The molecule has 0 aliphatic carbocycles. The highest BCUT2D eigenvalue weighted by atomic mass is 32.2. The fraction of sp³-hybridized carbons (Fsp3) is 0.357. The van der Waals surface area contributed by atoms with E-state index in [1.165, 1.54) is 24.5 Å². The number of hydrogen-bond donors (Lipinski definition) is 1. The van der Waals surface area contributed by atoms with Crippen LogP contribution < -0.4 is 10.4 Å². The number of piperazine rings is 1. The average Bonchev–Trinajstić information content (AvgIpc) is 3.46. The number of carbonyl (C=O) groups excluding carboxylic acids is 1. The Bertz CT molecular complexity index is 1410. The quantitative estimate of drug-likeness (QED) is 0.336. The topological polar surface area (TPSA) is 106 Å². The largest absolute Gasteiger partial charge is 0.354 e. The molecule has 11 heteroatoms.